The SMILES string of the molecule is Cn1cc(-c2ccc(F)cc2)c(=O)c2c(Cl)[n+](C)ccc21. The molecule has 3 nitrogen and oxygen atoms in total. The van der Waals surface area contributed by atoms with Gasteiger partial charge in [-0.25, -0.2) is 4.39 Å². The Kier molecular flexibility index (Phi) is 3.26. The number of pyridine rings is 2. The minimum atomic E-state index is -0.333. The summed E-state index contributed by atoms with van der Waals surface area (Å²) in [5.74, 6) is -0.333. The van der Waals surface area contributed by atoms with E-state index in [9.17, 15) is 9.18 Å². The van der Waals surface area contributed by atoms with Gasteiger partial charge >= 0.3 is 0 Å². The summed E-state index contributed by atoms with van der Waals surface area (Å²) in [6.45, 7) is 0. The molecule has 3 rings (SSSR count). The Morgan fingerprint density at radius 2 is 1.86 bits per heavy atom. The number of fused-ring (bicyclic) bond motifs is 1. The Labute approximate surface area is 125 Å². The summed E-state index contributed by atoms with van der Waals surface area (Å²) in [5, 5.41) is 0.850. The first kappa shape index (κ1) is 13.8. The second-order valence-corrected chi connectivity index (χ2v) is 5.33. The molecule has 0 bridgehead atoms. The van der Waals surface area contributed by atoms with Crippen LogP contribution in [0.3, 0.4) is 0 Å². The Hall–Kier alpha value is -2.20. The molecule has 5 heteroatoms. The van der Waals surface area contributed by atoms with Gasteiger partial charge in [0, 0.05) is 24.9 Å². The summed E-state index contributed by atoms with van der Waals surface area (Å²) in [6, 6.07) is 7.71. The van der Waals surface area contributed by atoms with Gasteiger partial charge in [-0.2, -0.15) is 4.57 Å². The fraction of sp³-hybridized carbons (Fsp3) is 0.125. The molecule has 0 amide bonds. The van der Waals surface area contributed by atoms with Crippen LogP contribution in [0.5, 0.6) is 0 Å². The Bertz CT molecular complexity index is 901. The first-order valence-corrected chi connectivity index (χ1v) is 6.80. The van der Waals surface area contributed by atoms with Crippen molar-refractivity contribution < 1.29 is 8.96 Å². The van der Waals surface area contributed by atoms with E-state index in [0.717, 1.165) is 5.52 Å². The summed E-state index contributed by atoms with van der Waals surface area (Å²) in [5.41, 5.74) is 1.77. The number of hydrogen-bond acceptors (Lipinski definition) is 1. The van der Waals surface area contributed by atoms with Crippen molar-refractivity contribution in [2.45, 2.75) is 0 Å². The smallest absolute Gasteiger partial charge is 0.288 e. The molecule has 0 saturated carbocycles. The topological polar surface area (TPSA) is 25.9 Å². The number of hydrogen-bond donors (Lipinski definition) is 0. The molecule has 3 aromatic rings. The molecule has 0 N–H and O–H groups in total. The van der Waals surface area contributed by atoms with Gasteiger partial charge in [0.05, 0.1) is 5.52 Å². The molecule has 0 atom stereocenters. The fourth-order valence-electron chi connectivity index (χ4n) is 2.41. The molecule has 0 aliphatic rings. The van der Waals surface area contributed by atoms with E-state index in [0.29, 0.717) is 21.7 Å². The predicted octanol–water partition coefficient (Wildman–Crippen LogP) is 2.82. The average Bonchev–Trinajstić information content (AvgIpc) is 2.47. The average molecular weight is 304 g/mol. The van der Waals surface area contributed by atoms with Gasteiger partial charge in [-0.05, 0) is 29.3 Å². The van der Waals surface area contributed by atoms with E-state index in [1.54, 1.807) is 29.9 Å². The molecule has 0 aliphatic heterocycles. The van der Waals surface area contributed by atoms with Crippen molar-refractivity contribution in [3.63, 3.8) is 0 Å². The van der Waals surface area contributed by atoms with Gasteiger partial charge in [0.2, 0.25) is 5.43 Å². The highest BCUT2D eigenvalue weighted by Gasteiger charge is 2.17. The quantitative estimate of drug-likeness (QED) is 0.501. The summed E-state index contributed by atoms with van der Waals surface area (Å²) in [6.07, 6.45) is 3.55. The summed E-state index contributed by atoms with van der Waals surface area (Å²) in [4.78, 5) is 12.7. The number of rotatable bonds is 1. The van der Waals surface area contributed by atoms with E-state index in [-0.39, 0.29) is 11.2 Å². The molecular weight excluding hydrogens is 291 g/mol. The molecule has 2 heterocycles. The zero-order valence-corrected chi connectivity index (χ0v) is 12.4. The number of halogens is 2. The van der Waals surface area contributed by atoms with Crippen LogP contribution >= 0.6 is 11.6 Å². The van der Waals surface area contributed by atoms with E-state index < -0.39 is 0 Å². The van der Waals surface area contributed by atoms with E-state index in [1.807, 2.05) is 23.9 Å². The lowest BCUT2D eigenvalue weighted by Crippen LogP contribution is -2.30. The monoisotopic (exact) mass is 303 g/mol. The molecule has 1 aromatic carbocycles. The summed E-state index contributed by atoms with van der Waals surface area (Å²) >= 11 is 6.28. The minimum Gasteiger partial charge on any atom is -0.349 e. The van der Waals surface area contributed by atoms with Gasteiger partial charge in [-0.3, -0.25) is 4.79 Å². The van der Waals surface area contributed by atoms with E-state index in [1.165, 1.54) is 12.1 Å². The van der Waals surface area contributed by atoms with E-state index in [4.69, 9.17) is 11.6 Å². The van der Waals surface area contributed by atoms with Crippen LogP contribution in [0.25, 0.3) is 22.0 Å². The van der Waals surface area contributed by atoms with Crippen molar-refractivity contribution >= 4 is 22.5 Å². The normalized spacial score (nSPS) is 11.0. The highest BCUT2D eigenvalue weighted by Crippen LogP contribution is 2.22. The lowest BCUT2D eigenvalue weighted by molar-refractivity contribution is -0.667. The lowest BCUT2D eigenvalue weighted by Gasteiger charge is -2.09. The number of aromatic nitrogens is 2. The first-order chi connectivity index (χ1) is 9.99. The van der Waals surface area contributed by atoms with Crippen LogP contribution in [-0.2, 0) is 14.1 Å². The van der Waals surface area contributed by atoms with Gasteiger partial charge in [-0.15, -0.1) is 0 Å². The third kappa shape index (κ3) is 2.21. The van der Waals surface area contributed by atoms with Crippen molar-refractivity contribution in [3.8, 4) is 11.1 Å². The van der Waals surface area contributed by atoms with Crippen LogP contribution in [0.15, 0.2) is 47.5 Å². The van der Waals surface area contributed by atoms with Crippen molar-refractivity contribution in [2.75, 3.05) is 0 Å². The standard InChI is InChI=1S/C16H13ClFN2O/c1-19-8-7-13-14(16(19)17)15(21)12(9-20(13)2)10-3-5-11(18)6-4-10/h3-9H,1-2H3/q+1. The minimum absolute atomic E-state index is 0.157. The predicted molar refractivity (Wildman–Crippen MR) is 80.8 cm³/mol. The lowest BCUT2D eigenvalue weighted by atomic mass is 10.1. The third-order valence-corrected chi connectivity index (χ3v) is 4.01. The van der Waals surface area contributed by atoms with Gasteiger partial charge in [0.15, 0.2) is 6.20 Å². The van der Waals surface area contributed by atoms with E-state index >= 15 is 0 Å². The van der Waals surface area contributed by atoms with Crippen LogP contribution in [0.4, 0.5) is 4.39 Å². The highest BCUT2D eigenvalue weighted by molar-refractivity contribution is 6.33. The zero-order valence-electron chi connectivity index (χ0n) is 11.6. The van der Waals surface area contributed by atoms with Gasteiger partial charge in [0.1, 0.15) is 18.3 Å². The molecule has 0 radical (unpaired) electrons. The maximum Gasteiger partial charge on any atom is 0.288 e. The van der Waals surface area contributed by atoms with Crippen LogP contribution in [0, 0.1) is 5.82 Å². The Balaban J connectivity index is 2.40. The largest absolute Gasteiger partial charge is 0.349 e. The van der Waals surface area contributed by atoms with Gasteiger partial charge in [-0.1, -0.05) is 12.1 Å². The van der Waals surface area contributed by atoms with Crippen LogP contribution in [0.1, 0.15) is 0 Å². The maximum atomic E-state index is 13.0. The molecule has 0 fully saturated rings. The fourth-order valence-corrected chi connectivity index (χ4v) is 2.65. The molecule has 21 heavy (non-hydrogen) atoms. The van der Waals surface area contributed by atoms with Crippen LogP contribution in [-0.4, -0.2) is 4.57 Å². The molecular formula is C16H13ClFN2O+. The third-order valence-electron chi connectivity index (χ3n) is 3.56. The number of benzene rings is 1. The summed E-state index contributed by atoms with van der Waals surface area (Å²) < 4.78 is 16.6. The zero-order chi connectivity index (χ0) is 15.1. The molecule has 0 aliphatic carbocycles. The molecule has 0 saturated heterocycles. The molecule has 2 aromatic heterocycles. The Morgan fingerprint density at radius 3 is 2.52 bits per heavy atom. The van der Waals surface area contributed by atoms with Crippen LogP contribution in [0.2, 0.25) is 5.15 Å². The second-order valence-electron chi connectivity index (χ2n) is 4.97. The second kappa shape index (κ2) is 4.97. The van der Waals surface area contributed by atoms with Gasteiger partial charge < -0.3 is 4.57 Å². The number of nitrogens with zero attached hydrogens (tertiary/aromatic N) is 2. The first-order valence-electron chi connectivity index (χ1n) is 6.42. The molecule has 106 valence electrons. The number of aryl methyl sites for hydroxylation is 2. The van der Waals surface area contributed by atoms with Crippen molar-refractivity contribution in [1.29, 1.82) is 0 Å². The highest BCUT2D eigenvalue weighted by atomic mass is 35.5. The van der Waals surface area contributed by atoms with Crippen molar-refractivity contribution in [3.05, 3.63) is 63.9 Å². The molecule has 0 unspecified atom stereocenters. The molecule has 0 spiro atoms. The van der Waals surface area contributed by atoms with E-state index in [2.05, 4.69) is 0 Å². The summed E-state index contributed by atoms with van der Waals surface area (Å²) in [7, 11) is 3.64. The van der Waals surface area contributed by atoms with Crippen LogP contribution < -0.4 is 10.00 Å². The Morgan fingerprint density at radius 1 is 1.19 bits per heavy atom. The van der Waals surface area contributed by atoms with Crippen molar-refractivity contribution in [2.24, 2.45) is 14.1 Å². The maximum absolute atomic E-state index is 13.0. The van der Waals surface area contributed by atoms with Crippen molar-refractivity contribution in [1.82, 2.24) is 4.57 Å². The van der Waals surface area contributed by atoms with Gasteiger partial charge in [0.25, 0.3) is 5.15 Å².